The van der Waals surface area contributed by atoms with Crippen LogP contribution >= 0.6 is 0 Å². The predicted octanol–water partition coefficient (Wildman–Crippen LogP) is 2.49. The molecule has 2 fully saturated rings. The third-order valence-corrected chi connectivity index (χ3v) is 5.91. The van der Waals surface area contributed by atoms with E-state index in [0.717, 1.165) is 63.7 Å². The zero-order valence-corrected chi connectivity index (χ0v) is 20.3. The average Bonchev–Trinajstić information content (AvgIpc) is 2.84. The Morgan fingerprint density at radius 1 is 0.829 bits per heavy atom. The Morgan fingerprint density at radius 3 is 1.71 bits per heavy atom. The van der Waals surface area contributed by atoms with Gasteiger partial charge in [-0.2, -0.15) is 0 Å². The summed E-state index contributed by atoms with van der Waals surface area (Å²) in [6.07, 6.45) is 0. The number of nitrogens with one attached hydrogen (secondary N) is 1. The van der Waals surface area contributed by atoms with Crippen LogP contribution in [0.3, 0.4) is 0 Å². The average molecular weight is 487 g/mol. The minimum Gasteiger partial charge on any atom is -0.389 e. The Kier molecular flexibility index (Phi) is 8.96. The fourth-order valence-corrected chi connectivity index (χ4v) is 4.24. The van der Waals surface area contributed by atoms with Crippen LogP contribution in [0.2, 0.25) is 0 Å². The van der Waals surface area contributed by atoms with E-state index in [1.165, 1.54) is 12.1 Å². The summed E-state index contributed by atoms with van der Waals surface area (Å²) in [7, 11) is 0. The molecule has 2 aliphatic heterocycles. The second kappa shape index (κ2) is 11.9. The van der Waals surface area contributed by atoms with Crippen LogP contribution in [0.4, 0.5) is 22.7 Å². The highest BCUT2D eigenvalue weighted by Crippen LogP contribution is 2.23. The zero-order valence-electron chi connectivity index (χ0n) is 20.3. The van der Waals surface area contributed by atoms with E-state index in [1.807, 2.05) is 12.1 Å². The SMILES string of the molecule is CC(C)(O)CN1CCN(c2cccc([N+](=O)[O-])c2)CC1.O=[N+]([O-])c1cccc(N2CCNCC2)c1. The van der Waals surface area contributed by atoms with Crippen LogP contribution in [-0.2, 0) is 0 Å². The molecule has 35 heavy (non-hydrogen) atoms. The summed E-state index contributed by atoms with van der Waals surface area (Å²) in [4.78, 5) is 27.2. The molecule has 0 aliphatic carbocycles. The summed E-state index contributed by atoms with van der Waals surface area (Å²) in [6, 6.07) is 13.5. The molecule has 2 saturated heterocycles. The topological polar surface area (TPSA) is 128 Å². The molecule has 11 nitrogen and oxygen atoms in total. The summed E-state index contributed by atoms with van der Waals surface area (Å²) in [5.74, 6) is 0. The van der Waals surface area contributed by atoms with E-state index in [2.05, 4.69) is 20.0 Å². The van der Waals surface area contributed by atoms with Crippen LogP contribution < -0.4 is 15.1 Å². The van der Waals surface area contributed by atoms with E-state index < -0.39 is 5.60 Å². The lowest BCUT2D eigenvalue weighted by Crippen LogP contribution is -2.50. The van der Waals surface area contributed by atoms with Gasteiger partial charge in [0.05, 0.1) is 15.4 Å². The molecule has 0 radical (unpaired) electrons. The molecule has 2 aromatic carbocycles. The second-order valence-electron chi connectivity index (χ2n) is 9.37. The second-order valence-corrected chi connectivity index (χ2v) is 9.37. The first kappa shape index (κ1) is 26.3. The van der Waals surface area contributed by atoms with E-state index in [-0.39, 0.29) is 21.2 Å². The number of rotatable bonds is 6. The van der Waals surface area contributed by atoms with Gasteiger partial charge in [0.15, 0.2) is 0 Å². The van der Waals surface area contributed by atoms with Crippen LogP contribution in [0.15, 0.2) is 48.5 Å². The summed E-state index contributed by atoms with van der Waals surface area (Å²) in [5, 5.41) is 34.5. The van der Waals surface area contributed by atoms with Gasteiger partial charge in [-0.3, -0.25) is 25.1 Å². The first-order valence-corrected chi connectivity index (χ1v) is 11.8. The molecule has 0 unspecified atom stereocenters. The van der Waals surface area contributed by atoms with Crippen molar-refractivity contribution < 1.29 is 15.0 Å². The van der Waals surface area contributed by atoms with Gasteiger partial charge in [0, 0.05) is 94.5 Å². The summed E-state index contributed by atoms with van der Waals surface area (Å²) < 4.78 is 0. The van der Waals surface area contributed by atoms with Crippen LogP contribution in [-0.4, -0.2) is 84.4 Å². The molecule has 11 heteroatoms. The molecule has 190 valence electrons. The number of hydrogen-bond donors (Lipinski definition) is 2. The van der Waals surface area contributed by atoms with Gasteiger partial charge in [0.25, 0.3) is 11.4 Å². The first-order chi connectivity index (χ1) is 16.6. The highest BCUT2D eigenvalue weighted by molar-refractivity contribution is 5.54. The number of β-amino-alcohol motifs (C(OH)–C–C–N with tert-alkyl or cyclic N) is 1. The predicted molar refractivity (Wildman–Crippen MR) is 136 cm³/mol. The molecular weight excluding hydrogens is 452 g/mol. The minimum atomic E-state index is -0.687. The fraction of sp³-hybridized carbons (Fsp3) is 0.500. The molecule has 2 heterocycles. The molecule has 0 amide bonds. The molecule has 2 N–H and O–H groups in total. The van der Waals surface area contributed by atoms with Gasteiger partial charge >= 0.3 is 0 Å². The van der Waals surface area contributed by atoms with E-state index in [0.29, 0.717) is 6.54 Å². The highest BCUT2D eigenvalue weighted by Gasteiger charge is 2.23. The Morgan fingerprint density at radius 2 is 1.29 bits per heavy atom. The van der Waals surface area contributed by atoms with E-state index in [4.69, 9.17) is 0 Å². The molecule has 0 bridgehead atoms. The summed E-state index contributed by atoms with van der Waals surface area (Å²) in [5.41, 5.74) is 1.42. The molecule has 2 aromatic rings. The third-order valence-electron chi connectivity index (χ3n) is 5.91. The molecule has 2 aliphatic rings. The van der Waals surface area contributed by atoms with Crippen molar-refractivity contribution in [2.45, 2.75) is 19.4 Å². The van der Waals surface area contributed by atoms with Crippen molar-refractivity contribution in [1.82, 2.24) is 10.2 Å². The van der Waals surface area contributed by atoms with Crippen molar-refractivity contribution in [2.75, 3.05) is 68.7 Å². The molecule has 4 rings (SSSR count). The maximum atomic E-state index is 10.8. The van der Waals surface area contributed by atoms with Crippen LogP contribution in [0.5, 0.6) is 0 Å². The maximum absolute atomic E-state index is 10.8. The normalized spacial score (nSPS) is 16.9. The fourth-order valence-electron chi connectivity index (χ4n) is 4.24. The van der Waals surface area contributed by atoms with Gasteiger partial charge in [-0.25, -0.2) is 0 Å². The number of piperazine rings is 2. The summed E-state index contributed by atoms with van der Waals surface area (Å²) in [6.45, 7) is 11.3. The Bertz CT molecular complexity index is 998. The van der Waals surface area contributed by atoms with Crippen molar-refractivity contribution in [3.63, 3.8) is 0 Å². The van der Waals surface area contributed by atoms with Gasteiger partial charge in [-0.05, 0) is 26.0 Å². The number of nitrogens with zero attached hydrogens (tertiary/aromatic N) is 5. The molecule has 0 atom stereocenters. The monoisotopic (exact) mass is 486 g/mol. The van der Waals surface area contributed by atoms with Crippen LogP contribution in [0.25, 0.3) is 0 Å². The number of nitro benzene ring substituents is 2. The lowest BCUT2D eigenvalue weighted by atomic mass is 10.1. The standard InChI is InChI=1S/C14H21N3O3.C10H13N3O2/c1-14(2,18)11-15-6-8-16(9-7-15)12-4-3-5-13(10-12)17(19)20;14-13(15)10-3-1-2-9(8-10)12-6-4-11-5-7-12/h3-5,10,18H,6-9,11H2,1-2H3;1-3,8,11H,4-7H2. The van der Waals surface area contributed by atoms with Gasteiger partial charge in [0.2, 0.25) is 0 Å². The number of nitro groups is 2. The van der Waals surface area contributed by atoms with Crippen molar-refractivity contribution in [1.29, 1.82) is 0 Å². The van der Waals surface area contributed by atoms with E-state index in [9.17, 15) is 25.3 Å². The Balaban J connectivity index is 0.000000203. The molecule has 0 aromatic heterocycles. The van der Waals surface area contributed by atoms with Gasteiger partial charge in [-0.15, -0.1) is 0 Å². The van der Waals surface area contributed by atoms with Crippen LogP contribution in [0, 0.1) is 20.2 Å². The number of aliphatic hydroxyl groups is 1. The van der Waals surface area contributed by atoms with Gasteiger partial charge in [-0.1, -0.05) is 12.1 Å². The maximum Gasteiger partial charge on any atom is 0.271 e. The first-order valence-electron chi connectivity index (χ1n) is 11.8. The van der Waals surface area contributed by atoms with Crippen molar-refractivity contribution in [2.24, 2.45) is 0 Å². The Labute approximate surface area is 205 Å². The van der Waals surface area contributed by atoms with Crippen molar-refractivity contribution >= 4 is 22.7 Å². The number of anilines is 2. The number of non-ortho nitro benzene ring substituents is 2. The van der Waals surface area contributed by atoms with Crippen molar-refractivity contribution in [3.05, 3.63) is 68.8 Å². The number of hydrogen-bond acceptors (Lipinski definition) is 9. The smallest absolute Gasteiger partial charge is 0.271 e. The third kappa shape index (κ3) is 8.16. The Hall–Kier alpha value is -3.28. The van der Waals surface area contributed by atoms with E-state index >= 15 is 0 Å². The zero-order chi connectivity index (χ0) is 25.4. The largest absolute Gasteiger partial charge is 0.389 e. The highest BCUT2D eigenvalue weighted by atomic mass is 16.6. The summed E-state index contributed by atoms with van der Waals surface area (Å²) >= 11 is 0. The van der Waals surface area contributed by atoms with E-state index in [1.54, 1.807) is 38.1 Å². The van der Waals surface area contributed by atoms with Gasteiger partial charge in [0.1, 0.15) is 0 Å². The molecule has 0 spiro atoms. The van der Waals surface area contributed by atoms with Crippen molar-refractivity contribution in [3.8, 4) is 0 Å². The lowest BCUT2D eigenvalue weighted by Gasteiger charge is -2.38. The number of benzene rings is 2. The van der Waals surface area contributed by atoms with Crippen LogP contribution in [0.1, 0.15) is 13.8 Å². The molecule has 0 saturated carbocycles. The van der Waals surface area contributed by atoms with Gasteiger partial charge < -0.3 is 20.2 Å². The molecular formula is C24H34N6O5. The minimum absolute atomic E-state index is 0.126. The quantitative estimate of drug-likeness (QED) is 0.467. The lowest BCUT2D eigenvalue weighted by molar-refractivity contribution is -0.385.